The maximum Gasteiger partial charge on any atom is 0.133 e. The lowest BCUT2D eigenvalue weighted by Gasteiger charge is -2.18. The number of fused-ring (bicyclic) bond motifs is 1. The molecule has 0 amide bonds. The van der Waals surface area contributed by atoms with Crippen LogP contribution in [0.3, 0.4) is 0 Å². The fraction of sp³-hybridized carbons (Fsp3) is 0.526. The minimum Gasteiger partial charge on any atom is -0.374 e. The lowest BCUT2D eigenvalue weighted by Crippen LogP contribution is -2.23. The van der Waals surface area contributed by atoms with Crippen LogP contribution in [0.25, 0.3) is 0 Å². The van der Waals surface area contributed by atoms with E-state index in [9.17, 15) is 0 Å². The molecule has 2 aromatic rings. The summed E-state index contributed by atoms with van der Waals surface area (Å²) in [5, 5.41) is 4.11. The zero-order valence-corrected chi connectivity index (χ0v) is 13.6. The number of rotatable bonds is 5. The Bertz CT molecular complexity index is 626. The van der Waals surface area contributed by atoms with E-state index >= 15 is 0 Å². The van der Waals surface area contributed by atoms with Gasteiger partial charge >= 0.3 is 0 Å². The first-order chi connectivity index (χ1) is 11.3. The maximum absolute atomic E-state index is 6.14. The Hall–Kier alpha value is -1.65. The standard InChI is InChI=1S/C19H24N2O2/c1-14-7-18(20-23-14)12-21-10-16-8-19(9-17(16)11-21)22-13-15-5-3-2-4-6-15/h2-7,16-17,19H,8-13H2,1H3/t16-,17+,19?. The van der Waals surface area contributed by atoms with Gasteiger partial charge in [-0.25, -0.2) is 0 Å². The van der Waals surface area contributed by atoms with Crippen molar-refractivity contribution in [3.05, 3.63) is 53.4 Å². The first-order valence-electron chi connectivity index (χ1n) is 8.56. The number of ether oxygens (including phenoxy) is 1. The number of hydrogen-bond acceptors (Lipinski definition) is 4. The van der Waals surface area contributed by atoms with Crippen molar-refractivity contribution >= 4 is 0 Å². The molecule has 2 aliphatic rings. The van der Waals surface area contributed by atoms with Crippen molar-refractivity contribution in [2.24, 2.45) is 11.8 Å². The number of hydrogen-bond donors (Lipinski definition) is 0. The van der Waals surface area contributed by atoms with Crippen molar-refractivity contribution in [3.63, 3.8) is 0 Å². The molecule has 0 N–H and O–H groups in total. The molecule has 2 heterocycles. The van der Waals surface area contributed by atoms with Crippen LogP contribution in [0, 0.1) is 18.8 Å². The van der Waals surface area contributed by atoms with E-state index in [1.54, 1.807) is 0 Å². The van der Waals surface area contributed by atoms with Crippen LogP contribution < -0.4 is 0 Å². The Kier molecular flexibility index (Phi) is 4.19. The Labute approximate surface area is 137 Å². The van der Waals surface area contributed by atoms with Gasteiger partial charge in [-0.2, -0.15) is 0 Å². The minimum absolute atomic E-state index is 0.432. The molecule has 122 valence electrons. The normalized spacial score (nSPS) is 27.4. The molecule has 1 unspecified atom stereocenters. The zero-order valence-electron chi connectivity index (χ0n) is 13.6. The molecule has 0 radical (unpaired) electrons. The van der Waals surface area contributed by atoms with Crippen LogP contribution >= 0.6 is 0 Å². The van der Waals surface area contributed by atoms with Crippen molar-refractivity contribution in [1.82, 2.24) is 10.1 Å². The van der Waals surface area contributed by atoms with Gasteiger partial charge in [0, 0.05) is 25.7 Å². The van der Waals surface area contributed by atoms with Crippen LogP contribution in [-0.4, -0.2) is 29.3 Å². The third kappa shape index (κ3) is 3.48. The topological polar surface area (TPSA) is 38.5 Å². The minimum atomic E-state index is 0.432. The van der Waals surface area contributed by atoms with E-state index in [1.165, 1.54) is 31.5 Å². The van der Waals surface area contributed by atoms with Crippen molar-refractivity contribution in [3.8, 4) is 0 Å². The predicted octanol–water partition coefficient (Wildman–Crippen LogP) is 3.41. The number of nitrogens with zero attached hydrogens (tertiary/aromatic N) is 2. The first-order valence-corrected chi connectivity index (χ1v) is 8.56. The van der Waals surface area contributed by atoms with E-state index < -0.39 is 0 Å². The van der Waals surface area contributed by atoms with Crippen molar-refractivity contribution in [2.75, 3.05) is 13.1 Å². The monoisotopic (exact) mass is 312 g/mol. The molecule has 1 saturated carbocycles. The summed E-state index contributed by atoms with van der Waals surface area (Å²) in [4.78, 5) is 2.51. The zero-order chi connectivity index (χ0) is 15.6. The number of likely N-dealkylation sites (tertiary alicyclic amines) is 1. The highest BCUT2D eigenvalue weighted by atomic mass is 16.5. The highest BCUT2D eigenvalue weighted by Gasteiger charge is 2.41. The largest absolute Gasteiger partial charge is 0.374 e. The Morgan fingerprint density at radius 2 is 1.91 bits per heavy atom. The van der Waals surface area contributed by atoms with Gasteiger partial charge in [0.05, 0.1) is 18.4 Å². The van der Waals surface area contributed by atoms with Gasteiger partial charge < -0.3 is 9.26 Å². The molecule has 23 heavy (non-hydrogen) atoms. The summed E-state index contributed by atoms with van der Waals surface area (Å²) < 4.78 is 11.3. The summed E-state index contributed by atoms with van der Waals surface area (Å²) in [5.74, 6) is 2.46. The van der Waals surface area contributed by atoms with E-state index in [0.717, 1.165) is 36.4 Å². The highest BCUT2D eigenvalue weighted by Crippen LogP contribution is 2.40. The molecule has 1 aliphatic heterocycles. The average molecular weight is 312 g/mol. The van der Waals surface area contributed by atoms with Crippen LogP contribution in [0.5, 0.6) is 0 Å². The van der Waals surface area contributed by atoms with E-state index in [0.29, 0.717) is 6.10 Å². The summed E-state index contributed by atoms with van der Waals surface area (Å²) in [7, 11) is 0. The van der Waals surface area contributed by atoms with Crippen LogP contribution in [0.15, 0.2) is 40.9 Å². The Morgan fingerprint density at radius 1 is 1.17 bits per heavy atom. The molecule has 3 atom stereocenters. The second-order valence-corrected chi connectivity index (χ2v) is 7.03. The molecule has 4 rings (SSSR count). The van der Waals surface area contributed by atoms with Crippen LogP contribution in [0.4, 0.5) is 0 Å². The Morgan fingerprint density at radius 3 is 2.57 bits per heavy atom. The third-order valence-electron chi connectivity index (χ3n) is 5.17. The first kappa shape index (κ1) is 14.9. The van der Waals surface area contributed by atoms with Gasteiger partial charge in [0.15, 0.2) is 0 Å². The van der Waals surface area contributed by atoms with E-state index in [1.807, 2.05) is 13.0 Å². The number of aryl methyl sites for hydroxylation is 1. The van der Waals surface area contributed by atoms with Gasteiger partial charge in [-0.05, 0) is 37.2 Å². The van der Waals surface area contributed by atoms with Crippen molar-refractivity contribution < 1.29 is 9.26 Å². The van der Waals surface area contributed by atoms with Gasteiger partial charge in [0.1, 0.15) is 5.76 Å². The van der Waals surface area contributed by atoms with Gasteiger partial charge in [-0.3, -0.25) is 4.90 Å². The highest BCUT2D eigenvalue weighted by molar-refractivity contribution is 5.13. The quantitative estimate of drug-likeness (QED) is 0.848. The lowest BCUT2D eigenvalue weighted by atomic mass is 10.0. The summed E-state index contributed by atoms with van der Waals surface area (Å²) in [6, 6.07) is 12.5. The smallest absolute Gasteiger partial charge is 0.133 e. The van der Waals surface area contributed by atoms with Gasteiger partial charge in [0.2, 0.25) is 0 Å². The molecule has 4 heteroatoms. The maximum atomic E-state index is 6.14. The summed E-state index contributed by atoms with van der Waals surface area (Å²) in [6.45, 7) is 5.94. The summed E-state index contributed by atoms with van der Waals surface area (Å²) >= 11 is 0. The predicted molar refractivity (Wildman–Crippen MR) is 87.8 cm³/mol. The van der Waals surface area contributed by atoms with Crippen LogP contribution in [-0.2, 0) is 17.9 Å². The molecular weight excluding hydrogens is 288 g/mol. The molecule has 1 aromatic heterocycles. The molecule has 0 spiro atoms. The van der Waals surface area contributed by atoms with Crippen molar-refractivity contribution in [1.29, 1.82) is 0 Å². The van der Waals surface area contributed by atoms with E-state index in [4.69, 9.17) is 9.26 Å². The van der Waals surface area contributed by atoms with Crippen LogP contribution in [0.2, 0.25) is 0 Å². The number of aromatic nitrogens is 1. The van der Waals surface area contributed by atoms with Crippen molar-refractivity contribution in [2.45, 2.75) is 39.0 Å². The average Bonchev–Trinajstić information content (AvgIpc) is 3.21. The fourth-order valence-corrected chi connectivity index (χ4v) is 4.12. The van der Waals surface area contributed by atoms with Crippen LogP contribution in [0.1, 0.15) is 29.9 Å². The molecular formula is C19H24N2O2. The molecule has 0 bridgehead atoms. The second-order valence-electron chi connectivity index (χ2n) is 7.03. The molecule has 2 fully saturated rings. The summed E-state index contributed by atoms with van der Waals surface area (Å²) in [5.41, 5.74) is 2.33. The van der Waals surface area contributed by atoms with E-state index in [-0.39, 0.29) is 0 Å². The molecule has 1 aromatic carbocycles. The van der Waals surface area contributed by atoms with Gasteiger partial charge in [-0.15, -0.1) is 0 Å². The molecule has 1 aliphatic carbocycles. The van der Waals surface area contributed by atoms with Gasteiger partial charge in [0.25, 0.3) is 0 Å². The fourth-order valence-electron chi connectivity index (χ4n) is 4.12. The van der Waals surface area contributed by atoms with E-state index in [2.05, 4.69) is 40.4 Å². The summed E-state index contributed by atoms with van der Waals surface area (Å²) in [6.07, 6.45) is 2.83. The SMILES string of the molecule is Cc1cc(CN2C[C@H]3CC(OCc4ccccc4)C[C@H]3C2)no1. The molecule has 4 nitrogen and oxygen atoms in total. The second kappa shape index (κ2) is 6.46. The Balaban J connectivity index is 1.25. The van der Waals surface area contributed by atoms with Gasteiger partial charge in [-0.1, -0.05) is 35.5 Å². The number of benzene rings is 1. The molecule has 1 saturated heterocycles. The lowest BCUT2D eigenvalue weighted by molar-refractivity contribution is 0.0373. The third-order valence-corrected chi connectivity index (χ3v) is 5.17.